The lowest BCUT2D eigenvalue weighted by Gasteiger charge is -2.34. The summed E-state index contributed by atoms with van der Waals surface area (Å²) in [5.41, 5.74) is -1.62. The molecule has 1 aliphatic carbocycles. The quantitative estimate of drug-likeness (QED) is 0.506. The Morgan fingerprint density at radius 1 is 0.667 bits per heavy atom. The molecule has 0 aromatic rings. The monoisotopic (exact) mass is 222 g/mol. The van der Waals surface area contributed by atoms with Crippen LogP contribution in [-0.4, -0.2) is 5.92 Å². The molecule has 0 atom stereocenters. The summed E-state index contributed by atoms with van der Waals surface area (Å²) in [5, 5.41) is 0. The molecule has 15 heavy (non-hydrogen) atoms. The van der Waals surface area contributed by atoms with Crippen LogP contribution in [-0.2, 0) is 0 Å². The van der Waals surface area contributed by atoms with Gasteiger partial charge in [0.2, 0.25) is 0 Å². The largest absolute Gasteiger partial charge is 0.258 e. The van der Waals surface area contributed by atoms with Gasteiger partial charge in [-0.1, -0.05) is 55.4 Å². The minimum absolute atomic E-state index is 0.632. The van der Waals surface area contributed by atoms with Gasteiger partial charge >= 0.3 is 0 Å². The van der Waals surface area contributed by atoms with Crippen LogP contribution in [0, 0.1) is 10.8 Å². The van der Waals surface area contributed by atoms with E-state index in [1.807, 2.05) is 27.7 Å². The average Bonchev–Trinajstić information content (AvgIpc) is 2.33. The fourth-order valence-electron chi connectivity index (χ4n) is 1.86. The van der Waals surface area contributed by atoms with Crippen LogP contribution in [0.4, 0.5) is 8.78 Å². The molecule has 2 heteroatoms. The van der Waals surface area contributed by atoms with Crippen molar-refractivity contribution >= 4 is 0 Å². The second kappa shape index (κ2) is 5.81. The van der Waals surface area contributed by atoms with Crippen LogP contribution < -0.4 is 0 Å². The fraction of sp³-hybridized carbons (Fsp3) is 1.00. The van der Waals surface area contributed by atoms with Gasteiger partial charge in [-0.2, -0.15) is 0 Å². The Hall–Kier alpha value is -0.140. The van der Waals surface area contributed by atoms with Gasteiger partial charge in [-0.25, -0.2) is 8.78 Å². The van der Waals surface area contributed by atoms with Crippen LogP contribution in [0.25, 0.3) is 0 Å². The number of hydrogen-bond donors (Lipinski definition) is 0. The van der Waals surface area contributed by atoms with E-state index in [0.717, 1.165) is 0 Å². The van der Waals surface area contributed by atoms with Crippen molar-refractivity contribution < 1.29 is 8.78 Å². The maximum Gasteiger partial charge on any atom is 0.258 e. The van der Waals surface area contributed by atoms with E-state index < -0.39 is 16.8 Å². The summed E-state index contributed by atoms with van der Waals surface area (Å²) in [5.74, 6) is -2.51. The summed E-state index contributed by atoms with van der Waals surface area (Å²) in [6.45, 7) is 14.6. The normalized spacial score (nSPS) is 24.4. The first-order valence-corrected chi connectivity index (χ1v) is 6.09. The predicted octanol–water partition coefficient (Wildman–Crippen LogP) is 5.52. The Kier molecular flexibility index (Phi) is 6.69. The van der Waals surface area contributed by atoms with Gasteiger partial charge in [-0.15, -0.1) is 0 Å². The van der Waals surface area contributed by atoms with Crippen LogP contribution >= 0.6 is 0 Å². The standard InChI is InChI=1S/C9H16F2.2C2H6/c1-7(2)5-6-8(3,4)9(7,10)11;2*1-2/h5-6H2,1-4H3;2*1-2H3. The van der Waals surface area contributed by atoms with Crippen LogP contribution in [0.15, 0.2) is 0 Å². The van der Waals surface area contributed by atoms with Crippen molar-refractivity contribution in [1.82, 2.24) is 0 Å². The zero-order chi connectivity index (χ0) is 12.9. The fourth-order valence-corrected chi connectivity index (χ4v) is 1.86. The van der Waals surface area contributed by atoms with E-state index in [2.05, 4.69) is 0 Å². The van der Waals surface area contributed by atoms with Gasteiger partial charge in [-0.05, 0) is 12.8 Å². The van der Waals surface area contributed by atoms with Gasteiger partial charge in [0.15, 0.2) is 0 Å². The van der Waals surface area contributed by atoms with Crippen LogP contribution in [0.5, 0.6) is 0 Å². The first-order valence-electron chi connectivity index (χ1n) is 6.09. The summed E-state index contributed by atoms with van der Waals surface area (Å²) in [6.07, 6.45) is 1.26. The average molecular weight is 222 g/mol. The molecule has 0 bridgehead atoms. The molecule has 0 amide bonds. The van der Waals surface area contributed by atoms with Crippen molar-refractivity contribution in [1.29, 1.82) is 0 Å². The molecule has 94 valence electrons. The second-order valence-electron chi connectivity index (χ2n) is 4.84. The maximum atomic E-state index is 13.5. The molecule has 0 radical (unpaired) electrons. The van der Waals surface area contributed by atoms with Crippen molar-refractivity contribution in [2.45, 2.75) is 74.2 Å². The number of alkyl halides is 2. The van der Waals surface area contributed by atoms with E-state index in [0.29, 0.717) is 12.8 Å². The molecule has 0 heterocycles. The van der Waals surface area contributed by atoms with Crippen molar-refractivity contribution in [3.63, 3.8) is 0 Å². The highest BCUT2D eigenvalue weighted by Gasteiger charge is 2.61. The van der Waals surface area contributed by atoms with Gasteiger partial charge in [0.25, 0.3) is 5.92 Å². The highest BCUT2D eigenvalue weighted by molar-refractivity contribution is 5.02. The first kappa shape index (κ1) is 17.3. The third-order valence-corrected chi connectivity index (χ3v) is 3.07. The summed E-state index contributed by atoms with van der Waals surface area (Å²) >= 11 is 0. The highest BCUT2D eigenvalue weighted by Crippen LogP contribution is 2.59. The highest BCUT2D eigenvalue weighted by atomic mass is 19.3. The maximum absolute atomic E-state index is 13.5. The second-order valence-corrected chi connectivity index (χ2v) is 4.84. The molecule has 0 saturated heterocycles. The molecule has 0 aromatic carbocycles. The molecular formula is C13H28F2. The molecule has 1 rings (SSSR count). The smallest absolute Gasteiger partial charge is 0.206 e. The lowest BCUT2D eigenvalue weighted by molar-refractivity contribution is -0.147. The lowest BCUT2D eigenvalue weighted by atomic mass is 9.80. The van der Waals surface area contributed by atoms with E-state index in [9.17, 15) is 8.78 Å². The van der Waals surface area contributed by atoms with E-state index in [1.165, 1.54) is 0 Å². The third-order valence-electron chi connectivity index (χ3n) is 3.07. The predicted molar refractivity (Wildman–Crippen MR) is 64.4 cm³/mol. The van der Waals surface area contributed by atoms with E-state index in [4.69, 9.17) is 0 Å². The molecule has 0 N–H and O–H groups in total. The Labute approximate surface area is 94.5 Å². The molecule has 0 unspecified atom stereocenters. The van der Waals surface area contributed by atoms with Gasteiger partial charge < -0.3 is 0 Å². The number of rotatable bonds is 0. The Morgan fingerprint density at radius 3 is 0.933 bits per heavy atom. The summed E-state index contributed by atoms with van der Waals surface area (Å²) in [7, 11) is 0. The zero-order valence-corrected chi connectivity index (χ0v) is 11.7. The van der Waals surface area contributed by atoms with Crippen LogP contribution in [0.2, 0.25) is 0 Å². The number of hydrogen-bond acceptors (Lipinski definition) is 0. The summed E-state index contributed by atoms with van der Waals surface area (Å²) < 4.78 is 27.0. The summed E-state index contributed by atoms with van der Waals surface area (Å²) in [6, 6.07) is 0. The molecule has 0 nitrogen and oxygen atoms in total. The van der Waals surface area contributed by atoms with E-state index >= 15 is 0 Å². The van der Waals surface area contributed by atoms with Crippen molar-refractivity contribution in [2.75, 3.05) is 0 Å². The van der Waals surface area contributed by atoms with Crippen molar-refractivity contribution in [3.8, 4) is 0 Å². The molecule has 0 aliphatic heterocycles. The summed E-state index contributed by atoms with van der Waals surface area (Å²) in [4.78, 5) is 0. The SMILES string of the molecule is CC.CC.CC1(C)CCC(C)(C)C1(F)F. The Morgan fingerprint density at radius 2 is 0.867 bits per heavy atom. The van der Waals surface area contributed by atoms with Crippen LogP contribution in [0.1, 0.15) is 68.2 Å². The molecule has 1 fully saturated rings. The topological polar surface area (TPSA) is 0 Å². The molecule has 1 saturated carbocycles. The van der Waals surface area contributed by atoms with Gasteiger partial charge in [0.1, 0.15) is 0 Å². The minimum atomic E-state index is -2.51. The lowest BCUT2D eigenvalue weighted by Crippen LogP contribution is -2.40. The van der Waals surface area contributed by atoms with Gasteiger partial charge in [-0.3, -0.25) is 0 Å². The van der Waals surface area contributed by atoms with Crippen molar-refractivity contribution in [2.24, 2.45) is 10.8 Å². The van der Waals surface area contributed by atoms with Gasteiger partial charge in [0, 0.05) is 10.8 Å². The first-order chi connectivity index (χ1) is 6.71. The minimum Gasteiger partial charge on any atom is -0.206 e. The van der Waals surface area contributed by atoms with E-state index in [-0.39, 0.29) is 0 Å². The molecule has 1 aliphatic rings. The molecular weight excluding hydrogens is 194 g/mol. The third kappa shape index (κ3) is 3.15. The Balaban J connectivity index is 0. The van der Waals surface area contributed by atoms with E-state index in [1.54, 1.807) is 27.7 Å². The zero-order valence-electron chi connectivity index (χ0n) is 11.7. The Bertz CT molecular complexity index is 151. The number of halogens is 2. The van der Waals surface area contributed by atoms with Crippen LogP contribution in [0.3, 0.4) is 0 Å². The van der Waals surface area contributed by atoms with Gasteiger partial charge in [0.05, 0.1) is 0 Å². The van der Waals surface area contributed by atoms with Crippen molar-refractivity contribution in [3.05, 3.63) is 0 Å². The molecule has 0 spiro atoms. The molecule has 0 aromatic heterocycles.